The van der Waals surface area contributed by atoms with Gasteiger partial charge in [-0.3, -0.25) is 0 Å². The fourth-order valence-electron chi connectivity index (χ4n) is 0.778. The summed E-state index contributed by atoms with van der Waals surface area (Å²) in [5.74, 6) is -1.03. The van der Waals surface area contributed by atoms with Gasteiger partial charge in [-0.1, -0.05) is 0 Å². The van der Waals surface area contributed by atoms with E-state index in [1.165, 1.54) is 0 Å². The van der Waals surface area contributed by atoms with E-state index in [2.05, 4.69) is 0 Å². The van der Waals surface area contributed by atoms with Gasteiger partial charge >= 0.3 is 0 Å². The minimum absolute atomic E-state index is 0.0250. The van der Waals surface area contributed by atoms with Gasteiger partial charge in [0.2, 0.25) is 0 Å². The second-order valence-electron chi connectivity index (χ2n) is 2.98. The van der Waals surface area contributed by atoms with Crippen LogP contribution in [0.1, 0.15) is 6.42 Å². The van der Waals surface area contributed by atoms with Crippen molar-refractivity contribution >= 4 is 5.97 Å². The Morgan fingerprint density at radius 2 is 2.10 bits per heavy atom. The first-order valence-corrected chi connectivity index (χ1v) is 3.20. The molecule has 0 aromatic rings. The first-order valence-electron chi connectivity index (χ1n) is 3.20. The topological polar surface area (TPSA) is 40.1 Å². The van der Waals surface area contributed by atoms with Gasteiger partial charge < -0.3 is 14.4 Å². The Kier molecular flexibility index (Phi) is 3.36. The summed E-state index contributed by atoms with van der Waals surface area (Å²) < 4.78 is 0.388. The van der Waals surface area contributed by atoms with E-state index in [-0.39, 0.29) is 6.54 Å². The van der Waals surface area contributed by atoms with E-state index in [0.717, 1.165) is 0 Å². The molecule has 0 amide bonds. The first-order chi connectivity index (χ1) is 4.48. The van der Waals surface area contributed by atoms with Crippen molar-refractivity contribution < 1.29 is 14.4 Å². The molecule has 0 saturated carbocycles. The SMILES string of the molecule is [CH]CC[N+](C)(C)CC(=O)[O-]. The monoisotopic (exact) mass is 143 g/mol. The largest absolute Gasteiger partial charge is 0.544 e. The number of carboxylic acid groups (broad SMARTS) is 1. The van der Waals surface area contributed by atoms with Gasteiger partial charge in [0.15, 0.2) is 0 Å². The Hall–Kier alpha value is -0.570. The molecule has 0 aliphatic rings. The van der Waals surface area contributed by atoms with E-state index >= 15 is 0 Å². The van der Waals surface area contributed by atoms with Gasteiger partial charge in [-0.15, -0.1) is 0 Å². The predicted octanol–water partition coefficient (Wildman–Crippen LogP) is -1.09. The maximum Gasteiger partial charge on any atom is 0.119 e. The highest BCUT2D eigenvalue weighted by molar-refractivity contribution is 5.65. The van der Waals surface area contributed by atoms with Crippen molar-refractivity contribution in [3.05, 3.63) is 6.92 Å². The molecular formula is C7H13NO2. The average molecular weight is 143 g/mol. The highest BCUT2D eigenvalue weighted by Gasteiger charge is 2.12. The van der Waals surface area contributed by atoms with Crippen LogP contribution in [0.3, 0.4) is 0 Å². The number of rotatable bonds is 4. The van der Waals surface area contributed by atoms with Crippen LogP contribution >= 0.6 is 0 Å². The molecule has 0 bridgehead atoms. The molecule has 0 heterocycles. The van der Waals surface area contributed by atoms with Crippen LogP contribution in [0.15, 0.2) is 0 Å². The van der Waals surface area contributed by atoms with Gasteiger partial charge in [-0.05, 0) is 13.3 Å². The van der Waals surface area contributed by atoms with E-state index < -0.39 is 5.97 Å². The first kappa shape index (κ1) is 9.43. The molecule has 0 unspecified atom stereocenters. The van der Waals surface area contributed by atoms with Crippen LogP contribution in [0.25, 0.3) is 0 Å². The average Bonchev–Trinajstić information content (AvgIpc) is 1.59. The summed E-state index contributed by atoms with van der Waals surface area (Å²) in [6, 6.07) is 0. The van der Waals surface area contributed by atoms with Crippen molar-refractivity contribution in [2.45, 2.75) is 6.42 Å². The lowest BCUT2D eigenvalue weighted by molar-refractivity contribution is -0.884. The second-order valence-corrected chi connectivity index (χ2v) is 2.98. The summed E-state index contributed by atoms with van der Waals surface area (Å²) in [5.41, 5.74) is 0. The van der Waals surface area contributed by atoms with Crippen LogP contribution in [0.2, 0.25) is 0 Å². The molecule has 0 rings (SSSR count). The maximum absolute atomic E-state index is 10.1. The van der Waals surface area contributed by atoms with Gasteiger partial charge in [-0.2, -0.15) is 0 Å². The van der Waals surface area contributed by atoms with Gasteiger partial charge in [0.25, 0.3) is 0 Å². The molecule has 58 valence electrons. The standard InChI is InChI=1S/C7H13NO2/c1-4-5-8(2,3)6-7(9)10/h1H,4-6H2,2-3H3. The molecule has 10 heavy (non-hydrogen) atoms. The van der Waals surface area contributed by atoms with E-state index in [4.69, 9.17) is 6.92 Å². The van der Waals surface area contributed by atoms with Crippen molar-refractivity contribution in [1.82, 2.24) is 0 Å². The number of carboxylic acids is 1. The van der Waals surface area contributed by atoms with Gasteiger partial charge in [0.1, 0.15) is 6.54 Å². The summed E-state index contributed by atoms with van der Waals surface area (Å²) in [6.45, 7) is 5.95. The lowest BCUT2D eigenvalue weighted by Gasteiger charge is -2.29. The Labute approximate surface area is 61.9 Å². The highest BCUT2D eigenvalue weighted by Crippen LogP contribution is 1.96. The third-order valence-electron chi connectivity index (χ3n) is 1.29. The Morgan fingerprint density at radius 1 is 1.60 bits per heavy atom. The van der Waals surface area contributed by atoms with Crippen LogP contribution < -0.4 is 5.11 Å². The van der Waals surface area contributed by atoms with Crippen molar-refractivity contribution in [3.8, 4) is 0 Å². The van der Waals surface area contributed by atoms with Crippen molar-refractivity contribution in [2.75, 3.05) is 27.2 Å². The lowest BCUT2D eigenvalue weighted by Crippen LogP contribution is -2.48. The number of hydrogen-bond donors (Lipinski definition) is 0. The van der Waals surface area contributed by atoms with Crippen LogP contribution in [0.4, 0.5) is 0 Å². The molecule has 0 aliphatic carbocycles. The Balaban J connectivity index is 3.74. The molecule has 0 saturated heterocycles. The molecular weight excluding hydrogens is 130 g/mol. The number of likely N-dealkylation sites (N-methyl/N-ethyl adjacent to an activating group) is 1. The molecule has 0 spiro atoms. The second kappa shape index (κ2) is 3.56. The molecule has 0 atom stereocenters. The zero-order valence-electron chi connectivity index (χ0n) is 6.46. The normalized spacial score (nSPS) is 11.5. The molecule has 3 nitrogen and oxygen atoms in total. The smallest absolute Gasteiger partial charge is 0.119 e. The van der Waals surface area contributed by atoms with Crippen LogP contribution in [-0.2, 0) is 4.79 Å². The molecule has 3 heteroatoms. The van der Waals surface area contributed by atoms with Crippen LogP contribution in [0, 0.1) is 6.92 Å². The van der Waals surface area contributed by atoms with Crippen LogP contribution in [-0.4, -0.2) is 37.6 Å². The predicted molar refractivity (Wildman–Crippen MR) is 35.8 cm³/mol. The van der Waals surface area contributed by atoms with Crippen LogP contribution in [0.5, 0.6) is 0 Å². The number of hydrogen-bond acceptors (Lipinski definition) is 2. The quantitative estimate of drug-likeness (QED) is 0.469. The number of carbonyl (C=O) groups excluding carboxylic acids is 1. The van der Waals surface area contributed by atoms with Crippen molar-refractivity contribution in [3.63, 3.8) is 0 Å². The molecule has 0 fully saturated rings. The molecule has 0 N–H and O–H groups in total. The Morgan fingerprint density at radius 3 is 2.40 bits per heavy atom. The summed E-state index contributed by atoms with van der Waals surface area (Å²) in [6.07, 6.45) is 0.500. The fourth-order valence-corrected chi connectivity index (χ4v) is 0.778. The van der Waals surface area contributed by atoms with Crippen molar-refractivity contribution in [1.29, 1.82) is 0 Å². The molecule has 2 radical (unpaired) electrons. The van der Waals surface area contributed by atoms with Gasteiger partial charge in [-0.25, -0.2) is 0 Å². The number of quaternary nitrogens is 1. The molecule has 0 aromatic heterocycles. The zero-order valence-corrected chi connectivity index (χ0v) is 6.46. The fraction of sp³-hybridized carbons (Fsp3) is 0.714. The minimum Gasteiger partial charge on any atom is -0.544 e. The number of carbonyl (C=O) groups is 1. The summed E-state index contributed by atoms with van der Waals surface area (Å²) >= 11 is 0. The molecule has 0 aliphatic heterocycles. The third-order valence-corrected chi connectivity index (χ3v) is 1.29. The van der Waals surface area contributed by atoms with E-state index in [1.807, 2.05) is 14.1 Å². The molecule has 0 aromatic carbocycles. The zero-order chi connectivity index (χ0) is 8.20. The number of aliphatic carboxylic acids is 1. The van der Waals surface area contributed by atoms with E-state index in [1.54, 1.807) is 0 Å². The van der Waals surface area contributed by atoms with Gasteiger partial charge in [0, 0.05) is 0 Å². The maximum atomic E-state index is 10.1. The highest BCUT2D eigenvalue weighted by atomic mass is 16.4. The van der Waals surface area contributed by atoms with Gasteiger partial charge in [0.05, 0.1) is 26.6 Å². The van der Waals surface area contributed by atoms with E-state index in [9.17, 15) is 9.90 Å². The summed E-state index contributed by atoms with van der Waals surface area (Å²) in [4.78, 5) is 10.1. The van der Waals surface area contributed by atoms with Crippen molar-refractivity contribution in [2.24, 2.45) is 0 Å². The minimum atomic E-state index is -1.03. The number of nitrogens with zero attached hydrogens (tertiary/aromatic N) is 1. The Bertz CT molecular complexity index is 121. The summed E-state index contributed by atoms with van der Waals surface area (Å²) in [5, 5.41) is 10.1. The lowest BCUT2D eigenvalue weighted by atomic mass is 10.4. The van der Waals surface area contributed by atoms with E-state index in [0.29, 0.717) is 17.4 Å². The summed E-state index contributed by atoms with van der Waals surface area (Å²) in [7, 11) is 3.62. The third kappa shape index (κ3) is 4.32.